The molecule has 0 bridgehead atoms. The van der Waals surface area contributed by atoms with Crippen molar-refractivity contribution in [2.75, 3.05) is 19.6 Å². The lowest BCUT2D eigenvalue weighted by Crippen LogP contribution is -2.58. The molecule has 1 aliphatic heterocycles. The number of amides is 1. The molecule has 1 unspecified atom stereocenters. The van der Waals surface area contributed by atoms with E-state index < -0.39 is 23.7 Å². The van der Waals surface area contributed by atoms with Crippen molar-refractivity contribution < 1.29 is 19.4 Å². The molecule has 1 amide bonds. The minimum absolute atomic E-state index is 0.295. The molecule has 1 aromatic rings. The predicted molar refractivity (Wildman–Crippen MR) is 86.1 cm³/mol. The molecule has 1 atom stereocenters. The summed E-state index contributed by atoms with van der Waals surface area (Å²) in [5, 5.41) is 9.46. The Morgan fingerprint density at radius 1 is 1.22 bits per heavy atom. The highest BCUT2D eigenvalue weighted by Gasteiger charge is 2.37. The monoisotopic (exact) mass is 320 g/mol. The van der Waals surface area contributed by atoms with E-state index in [9.17, 15) is 14.7 Å². The van der Waals surface area contributed by atoms with Gasteiger partial charge in [0.25, 0.3) is 0 Å². The van der Waals surface area contributed by atoms with Crippen LogP contribution in [0.25, 0.3) is 0 Å². The zero-order valence-electron chi connectivity index (χ0n) is 13.9. The van der Waals surface area contributed by atoms with Gasteiger partial charge in [0.05, 0.1) is 0 Å². The van der Waals surface area contributed by atoms with Crippen LogP contribution in [0.1, 0.15) is 26.3 Å². The molecule has 0 radical (unpaired) electrons. The highest BCUT2D eigenvalue weighted by atomic mass is 16.6. The Bertz CT molecular complexity index is 553. The molecule has 23 heavy (non-hydrogen) atoms. The van der Waals surface area contributed by atoms with Gasteiger partial charge in [-0.25, -0.2) is 9.59 Å². The second-order valence-corrected chi connectivity index (χ2v) is 6.75. The van der Waals surface area contributed by atoms with Crippen LogP contribution < -0.4 is 0 Å². The van der Waals surface area contributed by atoms with Crippen molar-refractivity contribution in [1.29, 1.82) is 0 Å². The van der Waals surface area contributed by atoms with Crippen molar-refractivity contribution in [3.8, 4) is 0 Å². The summed E-state index contributed by atoms with van der Waals surface area (Å²) in [5.74, 6) is -1.01. The van der Waals surface area contributed by atoms with Crippen LogP contribution in [0.2, 0.25) is 0 Å². The number of piperazine rings is 1. The van der Waals surface area contributed by atoms with E-state index in [1.54, 1.807) is 20.8 Å². The normalized spacial score (nSPS) is 19.4. The molecule has 1 aromatic carbocycles. The van der Waals surface area contributed by atoms with Gasteiger partial charge in [0.1, 0.15) is 11.6 Å². The van der Waals surface area contributed by atoms with Gasteiger partial charge in [-0.15, -0.1) is 0 Å². The van der Waals surface area contributed by atoms with E-state index in [1.165, 1.54) is 4.90 Å². The number of carbonyl (C=O) groups excluding carboxylic acids is 1. The molecule has 0 saturated carbocycles. The maximum atomic E-state index is 12.2. The lowest BCUT2D eigenvalue weighted by atomic mass is 10.1. The molecule has 1 fully saturated rings. The smallest absolute Gasteiger partial charge is 0.411 e. The zero-order chi connectivity index (χ0) is 17.0. The van der Waals surface area contributed by atoms with Crippen molar-refractivity contribution in [3.05, 3.63) is 35.9 Å². The summed E-state index contributed by atoms with van der Waals surface area (Å²) in [5.41, 5.74) is 0.490. The van der Waals surface area contributed by atoms with Crippen LogP contribution in [-0.2, 0) is 16.1 Å². The van der Waals surface area contributed by atoms with E-state index in [1.807, 2.05) is 30.3 Å². The number of benzene rings is 1. The highest BCUT2D eigenvalue weighted by molar-refractivity contribution is 5.80. The molecule has 0 aliphatic carbocycles. The first-order chi connectivity index (χ1) is 10.8. The fourth-order valence-corrected chi connectivity index (χ4v) is 2.58. The Hall–Kier alpha value is -2.08. The van der Waals surface area contributed by atoms with E-state index >= 15 is 0 Å². The van der Waals surface area contributed by atoms with E-state index in [4.69, 9.17) is 4.74 Å². The van der Waals surface area contributed by atoms with Gasteiger partial charge >= 0.3 is 12.1 Å². The number of carboxylic acid groups (broad SMARTS) is 1. The van der Waals surface area contributed by atoms with Gasteiger partial charge in [-0.1, -0.05) is 30.3 Å². The molecule has 1 heterocycles. The maximum absolute atomic E-state index is 12.2. The fourth-order valence-electron chi connectivity index (χ4n) is 2.58. The molecular weight excluding hydrogens is 296 g/mol. The number of hydrogen-bond donors (Lipinski definition) is 1. The summed E-state index contributed by atoms with van der Waals surface area (Å²) in [6.07, 6.45) is -0.565. The SMILES string of the molecule is CC(C)(C)OC(=O)N1CCN(Cc2ccccc2)CC1C(=O)O. The van der Waals surface area contributed by atoms with Crippen LogP contribution in [0.15, 0.2) is 30.3 Å². The minimum Gasteiger partial charge on any atom is -0.480 e. The second kappa shape index (κ2) is 7.00. The standard InChI is InChI=1S/C17H24N2O4/c1-17(2,3)23-16(22)19-10-9-18(12-14(19)15(20)21)11-13-7-5-4-6-8-13/h4-8,14H,9-12H2,1-3H3,(H,20,21). The summed E-state index contributed by atoms with van der Waals surface area (Å²) >= 11 is 0. The lowest BCUT2D eigenvalue weighted by Gasteiger charge is -2.39. The third-order valence-corrected chi connectivity index (χ3v) is 3.63. The fraction of sp³-hybridized carbons (Fsp3) is 0.529. The lowest BCUT2D eigenvalue weighted by molar-refractivity contribution is -0.145. The Morgan fingerprint density at radius 2 is 1.87 bits per heavy atom. The highest BCUT2D eigenvalue weighted by Crippen LogP contribution is 2.17. The number of rotatable bonds is 3. The zero-order valence-corrected chi connectivity index (χ0v) is 13.9. The van der Waals surface area contributed by atoms with Crippen molar-refractivity contribution in [2.45, 2.75) is 39.0 Å². The van der Waals surface area contributed by atoms with Crippen LogP contribution in [0, 0.1) is 0 Å². The maximum Gasteiger partial charge on any atom is 0.411 e. The first-order valence-corrected chi connectivity index (χ1v) is 7.75. The summed E-state index contributed by atoms with van der Waals surface area (Å²) in [6, 6.07) is 9.00. The van der Waals surface area contributed by atoms with Gasteiger partial charge in [-0.05, 0) is 26.3 Å². The first kappa shape index (κ1) is 17.3. The van der Waals surface area contributed by atoms with Crippen LogP contribution in [0.3, 0.4) is 0 Å². The number of carboxylic acids is 1. The molecule has 6 heteroatoms. The summed E-state index contributed by atoms with van der Waals surface area (Å²) in [6.45, 7) is 7.25. The summed E-state index contributed by atoms with van der Waals surface area (Å²) < 4.78 is 5.32. The van der Waals surface area contributed by atoms with E-state index in [0.717, 1.165) is 5.56 Å². The van der Waals surface area contributed by atoms with Crippen molar-refractivity contribution in [2.24, 2.45) is 0 Å². The number of ether oxygens (including phenoxy) is 1. The third kappa shape index (κ3) is 4.96. The molecule has 2 rings (SSSR count). The number of hydrogen-bond acceptors (Lipinski definition) is 4. The van der Waals surface area contributed by atoms with Crippen molar-refractivity contribution >= 4 is 12.1 Å². The molecular formula is C17H24N2O4. The Labute approximate surface area is 136 Å². The molecule has 6 nitrogen and oxygen atoms in total. The van der Waals surface area contributed by atoms with Crippen LogP contribution in [-0.4, -0.2) is 58.2 Å². The van der Waals surface area contributed by atoms with Crippen LogP contribution in [0.4, 0.5) is 4.79 Å². The summed E-state index contributed by atoms with van der Waals surface area (Å²) in [7, 11) is 0. The minimum atomic E-state index is -1.01. The van der Waals surface area contributed by atoms with Gasteiger partial charge < -0.3 is 9.84 Å². The Balaban J connectivity index is 2.03. The number of aliphatic carboxylic acids is 1. The van der Waals surface area contributed by atoms with E-state index in [0.29, 0.717) is 26.2 Å². The van der Waals surface area contributed by atoms with Crippen molar-refractivity contribution in [1.82, 2.24) is 9.80 Å². The molecule has 0 aromatic heterocycles. The van der Waals surface area contributed by atoms with Gasteiger partial charge in [0.2, 0.25) is 0 Å². The summed E-state index contributed by atoms with van der Waals surface area (Å²) in [4.78, 5) is 27.1. The Kier molecular flexibility index (Phi) is 5.26. The quantitative estimate of drug-likeness (QED) is 0.924. The molecule has 1 saturated heterocycles. The third-order valence-electron chi connectivity index (χ3n) is 3.63. The Morgan fingerprint density at radius 3 is 2.43 bits per heavy atom. The largest absolute Gasteiger partial charge is 0.480 e. The molecule has 1 N–H and O–H groups in total. The molecule has 126 valence electrons. The van der Waals surface area contributed by atoms with E-state index in [2.05, 4.69) is 4.90 Å². The van der Waals surface area contributed by atoms with Gasteiger partial charge in [-0.3, -0.25) is 9.80 Å². The van der Waals surface area contributed by atoms with Gasteiger partial charge in [-0.2, -0.15) is 0 Å². The first-order valence-electron chi connectivity index (χ1n) is 7.75. The predicted octanol–water partition coefficient (Wildman–Crippen LogP) is 2.19. The van der Waals surface area contributed by atoms with Gasteiger partial charge in [0, 0.05) is 26.2 Å². The van der Waals surface area contributed by atoms with Crippen LogP contribution >= 0.6 is 0 Å². The topological polar surface area (TPSA) is 70.1 Å². The van der Waals surface area contributed by atoms with Crippen molar-refractivity contribution in [3.63, 3.8) is 0 Å². The van der Waals surface area contributed by atoms with Gasteiger partial charge in [0.15, 0.2) is 0 Å². The molecule has 1 aliphatic rings. The second-order valence-electron chi connectivity index (χ2n) is 6.75. The van der Waals surface area contributed by atoms with Crippen LogP contribution in [0.5, 0.6) is 0 Å². The average molecular weight is 320 g/mol. The van der Waals surface area contributed by atoms with E-state index in [-0.39, 0.29) is 0 Å². The average Bonchev–Trinajstić information content (AvgIpc) is 2.46. The molecule has 0 spiro atoms. The number of nitrogens with zero attached hydrogens (tertiary/aromatic N) is 2. The number of carbonyl (C=O) groups is 2.